The number of nitrogens with zero attached hydrogens (tertiary/aromatic N) is 2. The molecule has 7 heteroatoms. The Labute approximate surface area is 155 Å². The summed E-state index contributed by atoms with van der Waals surface area (Å²) >= 11 is 0. The summed E-state index contributed by atoms with van der Waals surface area (Å²) < 4.78 is 20.4. The molecule has 0 bridgehead atoms. The number of nitrogens with one attached hydrogen (secondary N) is 1. The molecule has 0 unspecified atom stereocenters. The Kier molecular flexibility index (Phi) is 5.61. The van der Waals surface area contributed by atoms with Crippen LogP contribution in [0.4, 0.5) is 4.39 Å². The van der Waals surface area contributed by atoms with Crippen LogP contribution in [0.1, 0.15) is 22.8 Å². The van der Waals surface area contributed by atoms with Crippen LogP contribution in [0.5, 0.6) is 0 Å². The molecule has 2 aromatic heterocycles. The number of pyridine rings is 2. The first-order chi connectivity index (χ1) is 13.0. The fourth-order valence-electron chi connectivity index (χ4n) is 2.91. The number of amides is 1. The Morgan fingerprint density at radius 3 is 2.81 bits per heavy atom. The first-order valence-electron chi connectivity index (χ1n) is 8.53. The van der Waals surface area contributed by atoms with Gasteiger partial charge in [0.1, 0.15) is 17.0 Å². The van der Waals surface area contributed by atoms with Crippen LogP contribution in [0, 0.1) is 5.82 Å². The van der Waals surface area contributed by atoms with E-state index in [9.17, 15) is 14.0 Å². The third kappa shape index (κ3) is 4.03. The molecule has 27 heavy (non-hydrogen) atoms. The molecule has 1 amide bonds. The Morgan fingerprint density at radius 2 is 2.07 bits per heavy atom. The zero-order valence-electron chi connectivity index (χ0n) is 15.1. The fourth-order valence-corrected chi connectivity index (χ4v) is 2.91. The van der Waals surface area contributed by atoms with Crippen molar-refractivity contribution in [3.63, 3.8) is 0 Å². The van der Waals surface area contributed by atoms with Crippen LogP contribution in [0.3, 0.4) is 0 Å². The number of carbonyl (C=O) groups is 1. The molecule has 0 spiro atoms. The molecule has 0 fully saturated rings. The number of carbonyl (C=O) groups excluding carboxylic acids is 1. The summed E-state index contributed by atoms with van der Waals surface area (Å²) in [5.41, 5.74) is 0.200. The van der Waals surface area contributed by atoms with Gasteiger partial charge < -0.3 is 10.1 Å². The van der Waals surface area contributed by atoms with Crippen LogP contribution in [0.25, 0.3) is 11.0 Å². The number of aromatic nitrogens is 2. The molecule has 6 nitrogen and oxygen atoms in total. The number of hydrogen-bond acceptors (Lipinski definition) is 4. The molecule has 1 aromatic carbocycles. The van der Waals surface area contributed by atoms with E-state index < -0.39 is 17.3 Å². The highest BCUT2D eigenvalue weighted by Gasteiger charge is 2.18. The second-order valence-electron chi connectivity index (χ2n) is 6.29. The van der Waals surface area contributed by atoms with E-state index in [1.165, 1.54) is 23.8 Å². The molecule has 3 rings (SSSR count). The zero-order chi connectivity index (χ0) is 19.4. The van der Waals surface area contributed by atoms with Crippen molar-refractivity contribution in [1.82, 2.24) is 14.9 Å². The van der Waals surface area contributed by atoms with E-state index in [1.807, 2.05) is 0 Å². The van der Waals surface area contributed by atoms with Gasteiger partial charge in [0.2, 0.25) is 0 Å². The van der Waals surface area contributed by atoms with Gasteiger partial charge in [0.25, 0.3) is 11.5 Å². The lowest BCUT2D eigenvalue weighted by Gasteiger charge is -2.15. The molecule has 0 saturated heterocycles. The Balaban J connectivity index is 2.09. The number of benzene rings is 1. The van der Waals surface area contributed by atoms with Crippen molar-refractivity contribution in [1.29, 1.82) is 0 Å². The lowest BCUT2D eigenvalue weighted by atomic mass is 10.1. The monoisotopic (exact) mass is 369 g/mol. The van der Waals surface area contributed by atoms with Gasteiger partial charge in [-0.2, -0.15) is 0 Å². The van der Waals surface area contributed by atoms with Gasteiger partial charge in [0, 0.05) is 30.3 Å². The minimum absolute atomic E-state index is 0.0187. The predicted molar refractivity (Wildman–Crippen MR) is 100 cm³/mol. The number of methoxy groups -OCH3 is 1. The quantitative estimate of drug-likeness (QED) is 0.724. The first kappa shape index (κ1) is 18.7. The van der Waals surface area contributed by atoms with Gasteiger partial charge in [-0.1, -0.05) is 18.2 Å². The maximum absolute atomic E-state index is 14.1. The summed E-state index contributed by atoms with van der Waals surface area (Å²) in [6, 6.07) is 10.9. The largest absolute Gasteiger partial charge is 0.383 e. The predicted octanol–water partition coefficient (Wildman–Crippen LogP) is 2.35. The highest BCUT2D eigenvalue weighted by atomic mass is 19.1. The summed E-state index contributed by atoms with van der Waals surface area (Å²) in [5.74, 6) is -0.922. The van der Waals surface area contributed by atoms with E-state index in [0.717, 1.165) is 0 Å². The Bertz CT molecular complexity index is 1030. The van der Waals surface area contributed by atoms with E-state index in [-0.39, 0.29) is 18.2 Å². The smallest absolute Gasteiger partial charge is 0.265 e. The Hall–Kier alpha value is -3.06. The second-order valence-corrected chi connectivity index (χ2v) is 6.29. The lowest BCUT2D eigenvalue weighted by Crippen LogP contribution is -2.39. The van der Waals surface area contributed by atoms with Crippen molar-refractivity contribution >= 4 is 16.9 Å². The van der Waals surface area contributed by atoms with Gasteiger partial charge in [-0.3, -0.25) is 14.2 Å². The average molecular weight is 369 g/mol. The SMILES string of the molecule is COC[C@@H](C)NC(=O)c1cc2cccnc2n(Cc2ccccc2F)c1=O. The standard InChI is InChI=1S/C20H20FN3O3/c1-13(12-27-2)23-19(25)16-10-14-7-5-9-22-18(14)24(20(16)26)11-15-6-3-4-8-17(15)21/h3-10,13H,11-12H2,1-2H3,(H,23,25)/t13-/m1/s1. The number of halogens is 1. The average Bonchev–Trinajstić information content (AvgIpc) is 2.65. The van der Waals surface area contributed by atoms with E-state index in [4.69, 9.17) is 4.74 Å². The van der Waals surface area contributed by atoms with Crippen molar-refractivity contribution in [2.24, 2.45) is 0 Å². The molecule has 0 aliphatic rings. The van der Waals surface area contributed by atoms with Gasteiger partial charge >= 0.3 is 0 Å². The summed E-state index contributed by atoms with van der Waals surface area (Å²) in [7, 11) is 1.53. The van der Waals surface area contributed by atoms with Gasteiger partial charge in [-0.15, -0.1) is 0 Å². The number of ether oxygens (including phenoxy) is 1. The molecule has 3 aromatic rings. The van der Waals surface area contributed by atoms with Gasteiger partial charge in [-0.05, 0) is 31.2 Å². The number of rotatable bonds is 6. The van der Waals surface area contributed by atoms with Crippen LogP contribution in [-0.4, -0.2) is 35.2 Å². The second kappa shape index (κ2) is 8.09. The molecule has 2 heterocycles. The highest BCUT2D eigenvalue weighted by molar-refractivity contribution is 5.97. The molecule has 0 aliphatic carbocycles. The summed E-state index contributed by atoms with van der Waals surface area (Å²) in [6.45, 7) is 2.08. The minimum atomic E-state index is -0.522. The molecular formula is C20H20FN3O3. The molecule has 0 saturated carbocycles. The van der Waals surface area contributed by atoms with Crippen molar-refractivity contribution in [3.8, 4) is 0 Å². The van der Waals surface area contributed by atoms with Crippen LogP contribution in [0.15, 0.2) is 53.5 Å². The van der Waals surface area contributed by atoms with Crippen LogP contribution >= 0.6 is 0 Å². The summed E-state index contributed by atoms with van der Waals surface area (Å²) in [4.78, 5) is 29.8. The number of hydrogen-bond donors (Lipinski definition) is 1. The third-order valence-corrected chi connectivity index (χ3v) is 4.17. The molecule has 140 valence electrons. The van der Waals surface area contributed by atoms with Crippen LogP contribution < -0.4 is 10.9 Å². The van der Waals surface area contributed by atoms with Crippen LogP contribution in [-0.2, 0) is 11.3 Å². The third-order valence-electron chi connectivity index (χ3n) is 4.17. The van der Waals surface area contributed by atoms with Crippen molar-refractivity contribution in [2.45, 2.75) is 19.5 Å². The Morgan fingerprint density at radius 1 is 1.30 bits per heavy atom. The van der Waals surface area contributed by atoms with Crippen molar-refractivity contribution < 1.29 is 13.9 Å². The maximum Gasteiger partial charge on any atom is 0.265 e. The zero-order valence-corrected chi connectivity index (χ0v) is 15.1. The van der Waals surface area contributed by atoms with E-state index in [0.29, 0.717) is 23.2 Å². The van der Waals surface area contributed by atoms with E-state index >= 15 is 0 Å². The topological polar surface area (TPSA) is 73.2 Å². The maximum atomic E-state index is 14.1. The normalized spacial score (nSPS) is 12.1. The lowest BCUT2D eigenvalue weighted by molar-refractivity contribution is 0.0903. The highest BCUT2D eigenvalue weighted by Crippen LogP contribution is 2.14. The molecule has 0 radical (unpaired) electrons. The molecule has 1 atom stereocenters. The fraction of sp³-hybridized carbons (Fsp3) is 0.250. The van der Waals surface area contributed by atoms with E-state index in [2.05, 4.69) is 10.3 Å². The summed E-state index contributed by atoms with van der Waals surface area (Å²) in [6.07, 6.45) is 1.56. The first-order valence-corrected chi connectivity index (χ1v) is 8.53. The van der Waals surface area contributed by atoms with Crippen LogP contribution in [0.2, 0.25) is 0 Å². The summed E-state index contributed by atoms with van der Waals surface area (Å²) in [5, 5.41) is 3.36. The molecular weight excluding hydrogens is 349 g/mol. The van der Waals surface area contributed by atoms with Gasteiger partial charge in [-0.25, -0.2) is 9.37 Å². The van der Waals surface area contributed by atoms with Crippen molar-refractivity contribution in [2.75, 3.05) is 13.7 Å². The number of fused-ring (bicyclic) bond motifs is 1. The van der Waals surface area contributed by atoms with E-state index in [1.54, 1.807) is 43.5 Å². The van der Waals surface area contributed by atoms with Gasteiger partial charge in [0.05, 0.1) is 13.2 Å². The minimum Gasteiger partial charge on any atom is -0.383 e. The van der Waals surface area contributed by atoms with Gasteiger partial charge in [0.15, 0.2) is 0 Å². The molecule has 0 aliphatic heterocycles. The molecule has 1 N–H and O–H groups in total. The van der Waals surface area contributed by atoms with Crippen molar-refractivity contribution in [3.05, 3.63) is 76.0 Å².